The number of carbonyl (C=O) groups is 1. The van der Waals surface area contributed by atoms with Crippen LogP contribution in [0.3, 0.4) is 0 Å². The molecule has 0 aliphatic carbocycles. The van der Waals surface area contributed by atoms with Gasteiger partial charge in [-0.2, -0.15) is 0 Å². The molecule has 0 spiro atoms. The third-order valence-electron chi connectivity index (χ3n) is 5.16. The summed E-state index contributed by atoms with van der Waals surface area (Å²) in [5.41, 5.74) is 2.00. The molecule has 0 unspecified atom stereocenters. The quantitative estimate of drug-likeness (QED) is 0.316. The Hall–Kier alpha value is -2.75. The minimum absolute atomic E-state index is 0.138. The number of thioether (sulfide) groups is 1. The Labute approximate surface area is 201 Å². The van der Waals surface area contributed by atoms with E-state index in [1.54, 1.807) is 55.0 Å². The van der Waals surface area contributed by atoms with Gasteiger partial charge in [0.15, 0.2) is 15.0 Å². The lowest BCUT2D eigenvalue weighted by Crippen LogP contribution is -2.30. The van der Waals surface area contributed by atoms with Crippen LogP contribution in [0.5, 0.6) is 0 Å². The molecule has 4 rings (SSSR count). The molecule has 0 fully saturated rings. The number of benzene rings is 2. The summed E-state index contributed by atoms with van der Waals surface area (Å²) >= 11 is 3.04. The molecule has 33 heavy (non-hydrogen) atoms. The van der Waals surface area contributed by atoms with Gasteiger partial charge >= 0.3 is 0 Å². The summed E-state index contributed by atoms with van der Waals surface area (Å²) < 4.78 is 26.3. The Morgan fingerprint density at radius 2 is 1.91 bits per heavy atom. The van der Waals surface area contributed by atoms with Crippen molar-refractivity contribution < 1.29 is 13.2 Å². The van der Waals surface area contributed by atoms with Gasteiger partial charge in [-0.3, -0.25) is 14.7 Å². The summed E-state index contributed by atoms with van der Waals surface area (Å²) in [6.45, 7) is 3.52. The topological polar surface area (TPSA) is 80.2 Å². The third kappa shape index (κ3) is 4.80. The number of hydrogen-bond donors (Lipinski definition) is 0. The number of rotatable bonds is 7. The number of sulfone groups is 1. The van der Waals surface area contributed by atoms with Crippen molar-refractivity contribution in [3.8, 4) is 0 Å². The average molecular weight is 498 g/mol. The van der Waals surface area contributed by atoms with Crippen LogP contribution in [0.4, 0.5) is 5.13 Å². The number of fused-ring (bicyclic) bond motifs is 1. The predicted molar refractivity (Wildman–Crippen MR) is 135 cm³/mol. The van der Waals surface area contributed by atoms with Gasteiger partial charge in [0.05, 0.1) is 26.9 Å². The van der Waals surface area contributed by atoms with Crippen LogP contribution in [0, 0.1) is 0 Å². The molecular formula is C24H23N3O3S3. The maximum atomic E-state index is 13.7. The lowest BCUT2D eigenvalue weighted by atomic mass is 10.2. The van der Waals surface area contributed by atoms with Crippen molar-refractivity contribution in [1.82, 2.24) is 9.97 Å². The highest BCUT2D eigenvalue weighted by atomic mass is 32.2. The molecule has 6 nitrogen and oxygen atoms in total. The number of pyridine rings is 1. The second-order valence-corrected chi connectivity index (χ2v) is 12.0. The molecule has 0 bridgehead atoms. The first-order chi connectivity index (χ1) is 15.8. The van der Waals surface area contributed by atoms with Crippen molar-refractivity contribution in [2.24, 2.45) is 0 Å². The molecule has 0 aliphatic heterocycles. The number of amides is 1. The summed E-state index contributed by atoms with van der Waals surface area (Å²) in [7, 11) is -3.51. The van der Waals surface area contributed by atoms with Crippen LogP contribution in [0.25, 0.3) is 10.2 Å². The highest BCUT2D eigenvalue weighted by Crippen LogP contribution is 2.35. The van der Waals surface area contributed by atoms with Gasteiger partial charge in [0, 0.05) is 22.9 Å². The Balaban J connectivity index is 1.80. The maximum Gasteiger partial charge on any atom is 0.260 e. The zero-order chi connectivity index (χ0) is 23.6. The first-order valence-corrected chi connectivity index (χ1v) is 13.9. The van der Waals surface area contributed by atoms with Crippen molar-refractivity contribution in [2.45, 2.75) is 35.4 Å². The number of thiazole rings is 1. The molecule has 0 radical (unpaired) electrons. The number of carbonyl (C=O) groups excluding carboxylic acids is 1. The van der Waals surface area contributed by atoms with E-state index in [1.807, 2.05) is 36.6 Å². The fourth-order valence-corrected chi connectivity index (χ4v) is 6.05. The van der Waals surface area contributed by atoms with E-state index in [2.05, 4.69) is 4.98 Å². The molecule has 0 aliphatic rings. The molecule has 170 valence electrons. The minimum atomic E-state index is -3.51. The molecule has 2 aromatic carbocycles. The van der Waals surface area contributed by atoms with Crippen LogP contribution >= 0.6 is 23.1 Å². The molecule has 0 saturated heterocycles. The number of anilines is 1. The zero-order valence-electron chi connectivity index (χ0n) is 18.4. The average Bonchev–Trinajstić information content (AvgIpc) is 3.27. The molecule has 0 N–H and O–H groups in total. The van der Waals surface area contributed by atoms with Gasteiger partial charge in [0.25, 0.3) is 5.91 Å². The first kappa shape index (κ1) is 23.4. The van der Waals surface area contributed by atoms with E-state index >= 15 is 0 Å². The lowest BCUT2D eigenvalue weighted by molar-refractivity contribution is 0.0985. The standard InChI is InChI=1S/C24H23N3O3S3/c1-16(2)33(29,30)19-9-4-8-18(13-19)23(28)27(15-17-7-6-12-25-14-17)24-26-22-20(31-3)10-5-11-21(22)32-24/h4-14,16H,15H2,1-3H3. The Kier molecular flexibility index (Phi) is 6.83. The second-order valence-electron chi connectivity index (χ2n) is 7.68. The van der Waals surface area contributed by atoms with Crippen LogP contribution < -0.4 is 4.90 Å². The van der Waals surface area contributed by atoms with E-state index < -0.39 is 15.1 Å². The summed E-state index contributed by atoms with van der Waals surface area (Å²) in [6, 6.07) is 15.9. The largest absolute Gasteiger partial charge is 0.279 e. The van der Waals surface area contributed by atoms with E-state index in [4.69, 9.17) is 4.98 Å². The van der Waals surface area contributed by atoms with Crippen molar-refractivity contribution in [2.75, 3.05) is 11.2 Å². The van der Waals surface area contributed by atoms with Crippen LogP contribution in [0.1, 0.15) is 29.8 Å². The monoisotopic (exact) mass is 497 g/mol. The highest BCUT2D eigenvalue weighted by Gasteiger charge is 2.25. The van der Waals surface area contributed by atoms with Crippen LogP contribution in [-0.2, 0) is 16.4 Å². The fraction of sp³-hybridized carbons (Fsp3) is 0.208. The molecule has 0 saturated carbocycles. The number of para-hydroxylation sites is 1. The van der Waals surface area contributed by atoms with Gasteiger partial charge in [-0.05, 0) is 62.1 Å². The van der Waals surface area contributed by atoms with Crippen LogP contribution in [0.15, 0.2) is 76.8 Å². The molecule has 4 aromatic rings. The summed E-state index contributed by atoms with van der Waals surface area (Å²) in [4.78, 5) is 25.4. The van der Waals surface area contributed by atoms with Gasteiger partial charge in [-0.1, -0.05) is 29.5 Å². The lowest BCUT2D eigenvalue weighted by Gasteiger charge is -2.20. The minimum Gasteiger partial charge on any atom is -0.279 e. The van der Waals surface area contributed by atoms with Crippen molar-refractivity contribution in [3.05, 3.63) is 78.1 Å². The molecule has 1 amide bonds. The Bertz CT molecular complexity index is 1400. The van der Waals surface area contributed by atoms with E-state index in [9.17, 15) is 13.2 Å². The number of nitrogens with zero attached hydrogens (tertiary/aromatic N) is 3. The Morgan fingerprint density at radius 3 is 2.61 bits per heavy atom. The second kappa shape index (κ2) is 9.62. The van der Waals surface area contributed by atoms with Gasteiger partial charge in [0.2, 0.25) is 0 Å². The van der Waals surface area contributed by atoms with E-state index in [0.717, 1.165) is 20.7 Å². The van der Waals surface area contributed by atoms with Gasteiger partial charge < -0.3 is 0 Å². The zero-order valence-corrected chi connectivity index (χ0v) is 20.9. The van der Waals surface area contributed by atoms with Crippen molar-refractivity contribution in [3.63, 3.8) is 0 Å². The van der Waals surface area contributed by atoms with Gasteiger partial charge in [0.1, 0.15) is 0 Å². The van der Waals surface area contributed by atoms with Gasteiger partial charge in [-0.25, -0.2) is 13.4 Å². The molecule has 9 heteroatoms. The first-order valence-electron chi connectivity index (χ1n) is 10.3. The molecule has 0 atom stereocenters. The maximum absolute atomic E-state index is 13.7. The van der Waals surface area contributed by atoms with E-state index in [0.29, 0.717) is 10.7 Å². The SMILES string of the molecule is CSc1cccc2sc(N(Cc3cccnc3)C(=O)c3cccc(S(=O)(=O)C(C)C)c3)nc12. The van der Waals surface area contributed by atoms with Gasteiger partial charge in [-0.15, -0.1) is 11.8 Å². The third-order valence-corrected chi connectivity index (χ3v) is 9.13. The normalized spacial score (nSPS) is 11.8. The number of aromatic nitrogens is 2. The van der Waals surface area contributed by atoms with Crippen molar-refractivity contribution in [1.29, 1.82) is 0 Å². The van der Waals surface area contributed by atoms with Crippen LogP contribution in [-0.4, -0.2) is 35.8 Å². The van der Waals surface area contributed by atoms with E-state index in [1.165, 1.54) is 23.5 Å². The highest BCUT2D eigenvalue weighted by molar-refractivity contribution is 7.98. The van der Waals surface area contributed by atoms with E-state index in [-0.39, 0.29) is 17.3 Å². The Morgan fingerprint density at radius 1 is 1.12 bits per heavy atom. The fourth-order valence-electron chi connectivity index (χ4n) is 3.33. The van der Waals surface area contributed by atoms with Crippen LogP contribution in [0.2, 0.25) is 0 Å². The molecule has 2 aromatic heterocycles. The predicted octanol–water partition coefficient (Wildman–Crippen LogP) is 5.44. The number of hydrogen-bond acceptors (Lipinski definition) is 7. The molecular weight excluding hydrogens is 474 g/mol. The van der Waals surface area contributed by atoms with Crippen molar-refractivity contribution >= 4 is 54.2 Å². The summed E-state index contributed by atoms with van der Waals surface area (Å²) in [6.07, 6.45) is 5.38. The smallest absolute Gasteiger partial charge is 0.260 e. The molecule has 2 heterocycles. The summed E-state index contributed by atoms with van der Waals surface area (Å²) in [5.74, 6) is -0.315. The summed E-state index contributed by atoms with van der Waals surface area (Å²) in [5, 5.41) is -0.0268.